The van der Waals surface area contributed by atoms with Crippen LogP contribution >= 0.6 is 11.3 Å². The van der Waals surface area contributed by atoms with E-state index in [9.17, 15) is 18.0 Å². The van der Waals surface area contributed by atoms with Gasteiger partial charge in [0.25, 0.3) is 5.91 Å². The van der Waals surface area contributed by atoms with E-state index < -0.39 is 27.9 Å². The molecule has 0 aliphatic rings. The van der Waals surface area contributed by atoms with Crippen molar-refractivity contribution in [1.29, 1.82) is 0 Å². The fourth-order valence-electron chi connectivity index (χ4n) is 2.22. The number of nitrogens with one attached hydrogen (secondary N) is 1. The fourth-order valence-corrected chi connectivity index (χ4v) is 3.54. The molecule has 1 unspecified atom stereocenters. The fraction of sp³-hybridized carbons (Fsp3) is 0.250. The number of methoxy groups -OCH3 is 1. The first-order valence-electron chi connectivity index (χ1n) is 7.27. The molecule has 1 amide bonds. The zero-order valence-corrected chi connectivity index (χ0v) is 15.3. The van der Waals surface area contributed by atoms with Gasteiger partial charge < -0.3 is 10.1 Å². The van der Waals surface area contributed by atoms with E-state index in [0.29, 0.717) is 5.56 Å². The Bertz CT molecular complexity index is 876. The number of esters is 1. The second-order valence-electron chi connectivity index (χ2n) is 5.34. The molecule has 2 aromatic rings. The predicted octanol–water partition coefficient (Wildman–Crippen LogP) is 1.74. The van der Waals surface area contributed by atoms with Crippen molar-refractivity contribution in [2.75, 3.05) is 7.11 Å². The maximum absolute atomic E-state index is 12.6. The first kappa shape index (κ1) is 19.1. The van der Waals surface area contributed by atoms with Gasteiger partial charge in [-0.1, -0.05) is 12.1 Å². The van der Waals surface area contributed by atoms with Crippen molar-refractivity contribution in [3.8, 4) is 0 Å². The van der Waals surface area contributed by atoms with Gasteiger partial charge in [0, 0.05) is 10.4 Å². The van der Waals surface area contributed by atoms with Crippen molar-refractivity contribution in [3.63, 3.8) is 0 Å². The number of amides is 1. The van der Waals surface area contributed by atoms with Gasteiger partial charge in [0.1, 0.15) is 0 Å². The Balaban J connectivity index is 2.31. The highest BCUT2D eigenvalue weighted by atomic mass is 32.2. The van der Waals surface area contributed by atoms with Crippen LogP contribution in [-0.4, -0.2) is 27.4 Å². The molecular formula is C16H18N2O5S2. The second-order valence-corrected chi connectivity index (χ2v) is 7.88. The van der Waals surface area contributed by atoms with Crippen LogP contribution in [0, 0.1) is 6.92 Å². The van der Waals surface area contributed by atoms with Crippen LogP contribution in [0.2, 0.25) is 0 Å². The maximum Gasteiger partial charge on any atom is 0.307 e. The molecule has 0 saturated heterocycles. The van der Waals surface area contributed by atoms with Gasteiger partial charge in [-0.3, -0.25) is 9.59 Å². The summed E-state index contributed by atoms with van der Waals surface area (Å²) in [4.78, 5) is 24.9. The van der Waals surface area contributed by atoms with Crippen molar-refractivity contribution < 1.29 is 22.7 Å². The third-order valence-corrected chi connectivity index (χ3v) is 5.47. The zero-order valence-electron chi connectivity index (χ0n) is 13.7. The van der Waals surface area contributed by atoms with Gasteiger partial charge in [0.05, 0.1) is 24.5 Å². The Labute approximate surface area is 149 Å². The van der Waals surface area contributed by atoms with Crippen molar-refractivity contribution in [2.45, 2.75) is 24.3 Å². The Morgan fingerprint density at radius 3 is 2.60 bits per heavy atom. The molecule has 25 heavy (non-hydrogen) atoms. The van der Waals surface area contributed by atoms with Crippen LogP contribution in [0.3, 0.4) is 0 Å². The number of ether oxygens (including phenoxy) is 1. The number of carbonyl (C=O) groups excluding carboxylic acids is 2. The summed E-state index contributed by atoms with van der Waals surface area (Å²) in [6.07, 6.45) is -0.0311. The minimum Gasteiger partial charge on any atom is -0.469 e. The summed E-state index contributed by atoms with van der Waals surface area (Å²) >= 11 is 1.39. The smallest absolute Gasteiger partial charge is 0.307 e. The molecule has 0 aliphatic carbocycles. The monoisotopic (exact) mass is 382 g/mol. The topological polar surface area (TPSA) is 116 Å². The molecule has 0 spiro atoms. The number of carbonyl (C=O) groups is 2. The summed E-state index contributed by atoms with van der Waals surface area (Å²) in [5.41, 5.74) is 0.769. The van der Waals surface area contributed by atoms with Crippen LogP contribution in [-0.2, 0) is 19.6 Å². The highest BCUT2D eigenvalue weighted by molar-refractivity contribution is 7.89. The van der Waals surface area contributed by atoms with E-state index in [-0.39, 0.29) is 16.9 Å². The summed E-state index contributed by atoms with van der Waals surface area (Å²) in [6.45, 7) is 1.68. The minimum atomic E-state index is -3.92. The number of primary sulfonamides is 1. The van der Waals surface area contributed by atoms with Gasteiger partial charge in [-0.2, -0.15) is 0 Å². The van der Waals surface area contributed by atoms with E-state index in [1.807, 2.05) is 11.4 Å². The van der Waals surface area contributed by atoms with Gasteiger partial charge in [-0.15, -0.1) is 11.3 Å². The molecule has 3 N–H and O–H groups in total. The van der Waals surface area contributed by atoms with E-state index in [4.69, 9.17) is 5.14 Å². The Morgan fingerprint density at radius 2 is 2.04 bits per heavy atom. The summed E-state index contributed by atoms with van der Waals surface area (Å²) in [5.74, 6) is -0.959. The van der Waals surface area contributed by atoms with Crippen LogP contribution in [0.1, 0.15) is 33.3 Å². The van der Waals surface area contributed by atoms with Crippen LogP contribution < -0.4 is 10.5 Å². The van der Waals surface area contributed by atoms with E-state index in [1.165, 1.54) is 36.6 Å². The van der Waals surface area contributed by atoms with Gasteiger partial charge in [-0.25, -0.2) is 13.6 Å². The Hall–Kier alpha value is -2.23. The Kier molecular flexibility index (Phi) is 5.93. The number of benzene rings is 1. The lowest BCUT2D eigenvalue weighted by Crippen LogP contribution is -2.30. The summed E-state index contributed by atoms with van der Waals surface area (Å²) in [7, 11) is -2.65. The molecule has 9 heteroatoms. The average molecular weight is 382 g/mol. The lowest BCUT2D eigenvalue weighted by Gasteiger charge is -2.17. The maximum atomic E-state index is 12.6. The third kappa shape index (κ3) is 4.88. The van der Waals surface area contributed by atoms with Gasteiger partial charge in [-0.05, 0) is 36.1 Å². The van der Waals surface area contributed by atoms with Crippen molar-refractivity contribution in [1.82, 2.24) is 5.32 Å². The molecule has 2 rings (SSSR count). The third-order valence-electron chi connectivity index (χ3n) is 3.57. The lowest BCUT2D eigenvalue weighted by molar-refractivity contribution is -0.141. The minimum absolute atomic E-state index is 0.0311. The molecular weight excluding hydrogens is 364 g/mol. The molecule has 7 nitrogen and oxygen atoms in total. The number of sulfonamides is 1. The van der Waals surface area contributed by atoms with E-state index in [1.54, 1.807) is 13.0 Å². The molecule has 1 heterocycles. The highest BCUT2D eigenvalue weighted by Gasteiger charge is 2.22. The van der Waals surface area contributed by atoms with Crippen LogP contribution in [0.4, 0.5) is 0 Å². The average Bonchev–Trinajstić information content (AvgIpc) is 3.07. The van der Waals surface area contributed by atoms with Crippen LogP contribution in [0.5, 0.6) is 0 Å². The lowest BCUT2D eigenvalue weighted by atomic mass is 10.1. The first-order chi connectivity index (χ1) is 11.7. The van der Waals surface area contributed by atoms with Crippen molar-refractivity contribution in [2.24, 2.45) is 5.14 Å². The van der Waals surface area contributed by atoms with Crippen LogP contribution in [0.25, 0.3) is 0 Å². The summed E-state index contributed by atoms with van der Waals surface area (Å²) in [6, 6.07) is 7.11. The molecule has 0 saturated carbocycles. The molecule has 0 radical (unpaired) electrons. The SMILES string of the molecule is COC(=O)CC(NC(=O)c1cc(S(N)(=O)=O)ccc1C)c1cccs1. The number of hydrogen-bond acceptors (Lipinski definition) is 6. The second kappa shape index (κ2) is 7.77. The highest BCUT2D eigenvalue weighted by Crippen LogP contribution is 2.24. The number of rotatable bonds is 6. The summed E-state index contributed by atoms with van der Waals surface area (Å²) in [5, 5.41) is 9.71. The number of nitrogens with two attached hydrogens (primary N) is 1. The number of aryl methyl sites for hydroxylation is 1. The van der Waals surface area contributed by atoms with E-state index >= 15 is 0 Å². The van der Waals surface area contributed by atoms with Crippen molar-refractivity contribution in [3.05, 3.63) is 51.7 Å². The van der Waals surface area contributed by atoms with Crippen LogP contribution in [0.15, 0.2) is 40.6 Å². The van der Waals surface area contributed by atoms with E-state index in [0.717, 1.165) is 4.88 Å². The number of thiophene rings is 1. The van der Waals surface area contributed by atoms with Gasteiger partial charge >= 0.3 is 5.97 Å². The molecule has 0 aliphatic heterocycles. The molecule has 134 valence electrons. The first-order valence-corrected chi connectivity index (χ1v) is 9.69. The molecule has 1 aromatic heterocycles. The molecule has 1 atom stereocenters. The predicted molar refractivity (Wildman–Crippen MR) is 93.7 cm³/mol. The van der Waals surface area contributed by atoms with Crippen molar-refractivity contribution >= 4 is 33.2 Å². The number of hydrogen-bond donors (Lipinski definition) is 2. The molecule has 1 aromatic carbocycles. The molecule has 0 fully saturated rings. The largest absolute Gasteiger partial charge is 0.469 e. The standard InChI is InChI=1S/C16H18N2O5S2/c1-10-5-6-11(25(17,21)22)8-12(10)16(20)18-13(9-15(19)23-2)14-4-3-7-24-14/h3-8,13H,9H2,1-2H3,(H,18,20)(H2,17,21,22). The Morgan fingerprint density at radius 1 is 1.32 bits per heavy atom. The van der Waals surface area contributed by atoms with E-state index in [2.05, 4.69) is 10.1 Å². The molecule has 0 bridgehead atoms. The summed E-state index contributed by atoms with van der Waals surface area (Å²) < 4.78 is 27.7. The zero-order chi connectivity index (χ0) is 18.6. The van der Waals surface area contributed by atoms with Gasteiger partial charge in [0.15, 0.2) is 0 Å². The quantitative estimate of drug-likeness (QED) is 0.738. The van der Waals surface area contributed by atoms with Gasteiger partial charge in [0.2, 0.25) is 10.0 Å². The normalized spacial score (nSPS) is 12.4.